The van der Waals surface area contributed by atoms with Gasteiger partial charge in [-0.3, -0.25) is 4.79 Å². The molecular formula is C11H22O2. The normalized spacial score (nSPS) is 12.5. The van der Waals surface area contributed by atoms with Crippen molar-refractivity contribution < 1.29 is 9.53 Å². The number of carbonyl (C=O) groups is 1. The van der Waals surface area contributed by atoms with E-state index >= 15 is 0 Å². The lowest BCUT2D eigenvalue weighted by atomic mass is 9.96. The quantitative estimate of drug-likeness (QED) is 0.571. The molecule has 0 amide bonds. The van der Waals surface area contributed by atoms with Gasteiger partial charge in [0.05, 0.1) is 6.61 Å². The van der Waals surface area contributed by atoms with Crippen molar-refractivity contribution in [3.8, 4) is 0 Å². The van der Waals surface area contributed by atoms with Crippen molar-refractivity contribution in [2.24, 2.45) is 5.92 Å². The smallest absolute Gasteiger partial charge is 0.306 e. The number of rotatable bonds is 7. The van der Waals surface area contributed by atoms with Crippen molar-refractivity contribution >= 4 is 5.97 Å². The number of unbranched alkanes of at least 4 members (excludes halogenated alkanes) is 1. The summed E-state index contributed by atoms with van der Waals surface area (Å²) in [7, 11) is 0. The van der Waals surface area contributed by atoms with Gasteiger partial charge < -0.3 is 4.74 Å². The molecule has 0 aromatic heterocycles. The highest BCUT2D eigenvalue weighted by Crippen LogP contribution is 2.16. The minimum Gasteiger partial charge on any atom is -0.466 e. The molecule has 1 atom stereocenters. The number of ether oxygens (including phenoxy) is 1. The minimum atomic E-state index is -0.0366. The zero-order valence-electron chi connectivity index (χ0n) is 9.14. The zero-order valence-corrected chi connectivity index (χ0v) is 9.14. The lowest BCUT2D eigenvalue weighted by Gasteiger charge is -2.12. The average Bonchev–Trinajstić information content (AvgIpc) is 2.12. The maximum atomic E-state index is 11.2. The van der Waals surface area contributed by atoms with E-state index < -0.39 is 0 Å². The molecule has 0 saturated carbocycles. The Bertz CT molecular complexity index is 132. The summed E-state index contributed by atoms with van der Waals surface area (Å²) in [5.41, 5.74) is 0. The van der Waals surface area contributed by atoms with Crippen molar-refractivity contribution in [2.75, 3.05) is 6.61 Å². The van der Waals surface area contributed by atoms with E-state index in [1.165, 1.54) is 12.8 Å². The summed E-state index contributed by atoms with van der Waals surface area (Å²) in [6, 6.07) is 0. The van der Waals surface area contributed by atoms with Gasteiger partial charge >= 0.3 is 5.97 Å². The van der Waals surface area contributed by atoms with Crippen molar-refractivity contribution in [1.82, 2.24) is 0 Å². The number of esters is 1. The maximum absolute atomic E-state index is 11.2. The summed E-state index contributed by atoms with van der Waals surface area (Å²) >= 11 is 0. The molecule has 0 heterocycles. The molecule has 13 heavy (non-hydrogen) atoms. The van der Waals surface area contributed by atoms with Crippen LogP contribution in [0.5, 0.6) is 0 Å². The van der Waals surface area contributed by atoms with Gasteiger partial charge in [-0.1, -0.05) is 33.1 Å². The molecule has 0 aromatic rings. The Kier molecular flexibility index (Phi) is 7.76. The van der Waals surface area contributed by atoms with Crippen LogP contribution in [0.15, 0.2) is 0 Å². The predicted molar refractivity (Wildman–Crippen MR) is 54.6 cm³/mol. The van der Waals surface area contributed by atoms with Crippen molar-refractivity contribution in [1.29, 1.82) is 0 Å². The summed E-state index contributed by atoms with van der Waals surface area (Å²) in [6.45, 7) is 6.67. The summed E-state index contributed by atoms with van der Waals surface area (Å²) in [5.74, 6) is 0.490. The zero-order chi connectivity index (χ0) is 10.1. The lowest BCUT2D eigenvalue weighted by Crippen LogP contribution is -2.11. The molecule has 0 bridgehead atoms. The lowest BCUT2D eigenvalue weighted by molar-refractivity contribution is -0.144. The average molecular weight is 186 g/mol. The van der Waals surface area contributed by atoms with Gasteiger partial charge in [0, 0.05) is 6.42 Å². The molecule has 0 fully saturated rings. The van der Waals surface area contributed by atoms with Crippen molar-refractivity contribution in [3.05, 3.63) is 0 Å². The topological polar surface area (TPSA) is 26.3 Å². The molecule has 0 spiro atoms. The molecule has 2 nitrogen and oxygen atoms in total. The van der Waals surface area contributed by atoms with Crippen LogP contribution in [0.3, 0.4) is 0 Å². The molecule has 0 aliphatic carbocycles. The fourth-order valence-corrected chi connectivity index (χ4v) is 1.40. The Balaban J connectivity index is 3.62. The van der Waals surface area contributed by atoms with E-state index in [0.717, 1.165) is 12.8 Å². The molecule has 0 saturated heterocycles. The highest BCUT2D eigenvalue weighted by molar-refractivity contribution is 5.69. The van der Waals surface area contributed by atoms with Gasteiger partial charge in [-0.2, -0.15) is 0 Å². The predicted octanol–water partition coefficient (Wildman–Crippen LogP) is 3.16. The number of hydrogen-bond donors (Lipinski definition) is 0. The second-order valence-corrected chi connectivity index (χ2v) is 3.43. The van der Waals surface area contributed by atoms with Gasteiger partial charge in [-0.25, -0.2) is 0 Å². The molecule has 78 valence electrons. The third-order valence-corrected chi connectivity index (χ3v) is 2.30. The molecular weight excluding hydrogens is 164 g/mol. The van der Waals surface area contributed by atoms with Gasteiger partial charge in [-0.15, -0.1) is 0 Å². The van der Waals surface area contributed by atoms with Crippen LogP contribution >= 0.6 is 0 Å². The summed E-state index contributed by atoms with van der Waals surface area (Å²) in [5, 5.41) is 0. The minimum absolute atomic E-state index is 0.0366. The Labute approximate surface area is 81.7 Å². The van der Waals surface area contributed by atoms with Gasteiger partial charge in [-0.05, 0) is 19.3 Å². The fraction of sp³-hybridized carbons (Fsp3) is 0.909. The molecule has 0 aliphatic rings. The van der Waals surface area contributed by atoms with E-state index in [9.17, 15) is 4.79 Å². The molecule has 0 aliphatic heterocycles. The third kappa shape index (κ3) is 6.62. The van der Waals surface area contributed by atoms with Gasteiger partial charge in [0.2, 0.25) is 0 Å². The Morgan fingerprint density at radius 1 is 1.31 bits per heavy atom. The van der Waals surface area contributed by atoms with Crippen LogP contribution in [-0.4, -0.2) is 12.6 Å². The highest BCUT2D eigenvalue weighted by Gasteiger charge is 2.11. The van der Waals surface area contributed by atoms with E-state index in [1.54, 1.807) is 0 Å². The Hall–Kier alpha value is -0.530. The van der Waals surface area contributed by atoms with Crippen LogP contribution in [0.2, 0.25) is 0 Å². The molecule has 0 radical (unpaired) electrons. The van der Waals surface area contributed by atoms with E-state index in [2.05, 4.69) is 13.8 Å². The van der Waals surface area contributed by atoms with Crippen LogP contribution < -0.4 is 0 Å². The summed E-state index contributed by atoms with van der Waals surface area (Å²) < 4.78 is 4.92. The van der Waals surface area contributed by atoms with Crippen molar-refractivity contribution in [2.45, 2.75) is 52.9 Å². The van der Waals surface area contributed by atoms with Crippen LogP contribution in [0.1, 0.15) is 52.9 Å². The molecule has 0 aromatic carbocycles. The van der Waals surface area contributed by atoms with Crippen LogP contribution in [0, 0.1) is 5.92 Å². The summed E-state index contributed by atoms with van der Waals surface area (Å²) in [6.07, 6.45) is 5.27. The van der Waals surface area contributed by atoms with E-state index in [-0.39, 0.29) is 5.97 Å². The van der Waals surface area contributed by atoms with Crippen LogP contribution in [-0.2, 0) is 9.53 Å². The van der Waals surface area contributed by atoms with E-state index in [1.807, 2.05) is 6.92 Å². The molecule has 0 N–H and O–H groups in total. The second-order valence-electron chi connectivity index (χ2n) is 3.43. The summed E-state index contributed by atoms with van der Waals surface area (Å²) in [4.78, 5) is 11.2. The first-order chi connectivity index (χ1) is 6.24. The molecule has 1 unspecified atom stereocenters. The van der Waals surface area contributed by atoms with Gasteiger partial charge in [0.25, 0.3) is 0 Å². The first-order valence-corrected chi connectivity index (χ1v) is 5.40. The number of carbonyl (C=O) groups excluding carboxylic acids is 1. The van der Waals surface area contributed by atoms with E-state index in [0.29, 0.717) is 18.9 Å². The van der Waals surface area contributed by atoms with Crippen LogP contribution in [0.4, 0.5) is 0 Å². The third-order valence-electron chi connectivity index (χ3n) is 2.30. The van der Waals surface area contributed by atoms with Gasteiger partial charge in [0.15, 0.2) is 0 Å². The number of hydrogen-bond acceptors (Lipinski definition) is 2. The SMILES string of the molecule is CCCCC(CC)CC(=O)OCC. The molecule has 0 rings (SSSR count). The van der Waals surface area contributed by atoms with Gasteiger partial charge in [0.1, 0.15) is 0 Å². The highest BCUT2D eigenvalue weighted by atomic mass is 16.5. The monoisotopic (exact) mass is 186 g/mol. The molecule has 2 heteroatoms. The fourth-order valence-electron chi connectivity index (χ4n) is 1.40. The Morgan fingerprint density at radius 3 is 2.46 bits per heavy atom. The largest absolute Gasteiger partial charge is 0.466 e. The first kappa shape index (κ1) is 12.5. The second kappa shape index (κ2) is 8.09. The standard InChI is InChI=1S/C11H22O2/c1-4-7-8-10(5-2)9-11(12)13-6-3/h10H,4-9H2,1-3H3. The first-order valence-electron chi connectivity index (χ1n) is 5.40. The van der Waals surface area contributed by atoms with Crippen LogP contribution in [0.25, 0.3) is 0 Å². The van der Waals surface area contributed by atoms with E-state index in [4.69, 9.17) is 4.74 Å². The maximum Gasteiger partial charge on any atom is 0.306 e. The Morgan fingerprint density at radius 2 is 2.00 bits per heavy atom. The van der Waals surface area contributed by atoms with Crippen molar-refractivity contribution in [3.63, 3.8) is 0 Å².